The van der Waals surface area contributed by atoms with Crippen molar-refractivity contribution >= 4 is 5.91 Å². The Bertz CT molecular complexity index is 677. The molecule has 0 radical (unpaired) electrons. The van der Waals surface area contributed by atoms with Crippen LogP contribution in [0.25, 0.3) is 0 Å². The van der Waals surface area contributed by atoms with Gasteiger partial charge in [-0.2, -0.15) is 5.53 Å². The highest BCUT2D eigenvalue weighted by atomic mass is 19.1. The molecule has 0 aliphatic carbocycles. The monoisotopic (exact) mass is 328 g/mol. The Morgan fingerprint density at radius 3 is 2.54 bits per heavy atom. The smallest absolute Gasteiger partial charge is 0.240 e. The highest BCUT2D eigenvalue weighted by Gasteiger charge is 2.33. The first-order chi connectivity index (χ1) is 11.6. The lowest BCUT2D eigenvalue weighted by molar-refractivity contribution is -0.123. The fraction of sp³-hybridized carbons (Fsp3) is 0.278. The lowest BCUT2D eigenvalue weighted by atomic mass is 9.99. The molecule has 1 aliphatic heterocycles. The van der Waals surface area contributed by atoms with Crippen molar-refractivity contribution in [3.8, 4) is 0 Å². The van der Waals surface area contributed by atoms with Crippen LogP contribution < -0.4 is 21.7 Å². The fourth-order valence-corrected chi connectivity index (χ4v) is 2.79. The lowest BCUT2D eigenvalue weighted by Gasteiger charge is -2.19. The third-order valence-electron chi connectivity index (χ3n) is 4.25. The number of amides is 1. The fourth-order valence-electron chi connectivity index (χ4n) is 2.79. The van der Waals surface area contributed by atoms with Crippen LogP contribution in [0.5, 0.6) is 0 Å². The topological polar surface area (TPSA) is 65.2 Å². The zero-order valence-corrected chi connectivity index (χ0v) is 13.4. The Morgan fingerprint density at radius 1 is 1.12 bits per heavy atom. The molecule has 5 nitrogen and oxygen atoms in total. The van der Waals surface area contributed by atoms with E-state index in [2.05, 4.69) is 40.8 Å². The summed E-state index contributed by atoms with van der Waals surface area (Å²) in [6.07, 6.45) is 0. The summed E-state index contributed by atoms with van der Waals surface area (Å²) in [6.45, 7) is 2.63. The predicted octanol–water partition coefficient (Wildman–Crippen LogP) is 1.77. The minimum absolute atomic E-state index is 0.107. The van der Waals surface area contributed by atoms with Crippen molar-refractivity contribution in [2.24, 2.45) is 0 Å². The molecule has 0 spiro atoms. The molecule has 0 aromatic heterocycles. The van der Waals surface area contributed by atoms with Gasteiger partial charge < -0.3 is 5.32 Å². The van der Waals surface area contributed by atoms with Crippen molar-refractivity contribution in [3.05, 3.63) is 71.5 Å². The van der Waals surface area contributed by atoms with E-state index in [0.29, 0.717) is 6.54 Å². The summed E-state index contributed by atoms with van der Waals surface area (Å²) in [5, 5.41) is 2.98. The molecule has 0 saturated carbocycles. The Labute approximate surface area is 140 Å². The van der Waals surface area contributed by atoms with Gasteiger partial charge in [-0.1, -0.05) is 49.4 Å². The van der Waals surface area contributed by atoms with Gasteiger partial charge in [-0.3, -0.25) is 4.79 Å². The summed E-state index contributed by atoms with van der Waals surface area (Å²) in [5.41, 5.74) is 10.7. The number of nitrogens with one attached hydrogen (secondary N) is 4. The van der Waals surface area contributed by atoms with Crippen LogP contribution in [0.3, 0.4) is 0 Å². The average Bonchev–Trinajstić information content (AvgIpc) is 3.10. The van der Waals surface area contributed by atoms with E-state index in [1.165, 1.54) is 17.7 Å². The number of hydrazine groups is 2. The highest BCUT2D eigenvalue weighted by Crippen LogP contribution is 2.20. The number of hydrogen-bond acceptors (Lipinski definition) is 4. The molecule has 1 heterocycles. The van der Waals surface area contributed by atoms with Crippen LogP contribution >= 0.6 is 0 Å². The molecule has 3 rings (SSSR count). The molecule has 1 saturated heterocycles. The molecule has 1 fully saturated rings. The van der Waals surface area contributed by atoms with E-state index in [1.807, 2.05) is 18.2 Å². The van der Waals surface area contributed by atoms with Gasteiger partial charge >= 0.3 is 0 Å². The summed E-state index contributed by atoms with van der Waals surface area (Å²) >= 11 is 0. The lowest BCUT2D eigenvalue weighted by Crippen LogP contribution is -2.46. The number of rotatable bonds is 5. The summed E-state index contributed by atoms with van der Waals surface area (Å²) in [6, 6.07) is 15.4. The molecular weight excluding hydrogens is 307 g/mol. The molecule has 1 aliphatic rings. The Hall–Kier alpha value is -2.28. The maximum Gasteiger partial charge on any atom is 0.240 e. The van der Waals surface area contributed by atoms with Crippen LogP contribution in [-0.4, -0.2) is 18.5 Å². The van der Waals surface area contributed by atoms with Gasteiger partial charge in [-0.15, -0.1) is 0 Å². The van der Waals surface area contributed by atoms with Gasteiger partial charge in [0, 0.05) is 6.54 Å². The van der Waals surface area contributed by atoms with E-state index in [1.54, 1.807) is 12.1 Å². The number of hydrogen-bond donors (Lipinski definition) is 4. The maximum atomic E-state index is 13.1. The molecular formula is C18H21FN4O. The quantitative estimate of drug-likeness (QED) is 0.675. The van der Waals surface area contributed by atoms with Crippen LogP contribution in [-0.2, 0) is 4.79 Å². The van der Waals surface area contributed by atoms with Gasteiger partial charge in [0.05, 0.1) is 6.04 Å². The van der Waals surface area contributed by atoms with Crippen LogP contribution in [0, 0.1) is 5.82 Å². The summed E-state index contributed by atoms with van der Waals surface area (Å²) < 4.78 is 13.1. The molecule has 2 aromatic carbocycles. The predicted molar refractivity (Wildman–Crippen MR) is 90.2 cm³/mol. The van der Waals surface area contributed by atoms with Gasteiger partial charge in [-0.05, 0) is 29.2 Å². The van der Waals surface area contributed by atoms with E-state index >= 15 is 0 Å². The number of benzene rings is 2. The van der Waals surface area contributed by atoms with Gasteiger partial charge in [0.25, 0.3) is 0 Å². The molecule has 1 amide bonds. The van der Waals surface area contributed by atoms with Crippen LogP contribution in [0.4, 0.5) is 4.39 Å². The standard InChI is InChI=1S/C18H21FN4O/c1-12(13-5-3-2-4-6-13)11-20-18(24)17-16(21-23-22-17)14-7-9-15(19)10-8-14/h2-10,12,16-17,21-23H,11H2,1H3,(H,20,24). The number of carbonyl (C=O) groups excluding carboxylic acids is 1. The molecule has 3 unspecified atom stereocenters. The maximum absolute atomic E-state index is 13.1. The second-order valence-corrected chi connectivity index (χ2v) is 5.98. The number of carbonyl (C=O) groups is 1. The van der Waals surface area contributed by atoms with E-state index in [4.69, 9.17) is 0 Å². The van der Waals surface area contributed by atoms with Crippen LogP contribution in [0.1, 0.15) is 30.0 Å². The van der Waals surface area contributed by atoms with Crippen molar-refractivity contribution in [3.63, 3.8) is 0 Å². The van der Waals surface area contributed by atoms with Crippen molar-refractivity contribution in [2.45, 2.75) is 24.9 Å². The van der Waals surface area contributed by atoms with Crippen LogP contribution in [0.2, 0.25) is 0 Å². The number of halogens is 1. The Morgan fingerprint density at radius 2 is 1.83 bits per heavy atom. The molecule has 6 heteroatoms. The van der Waals surface area contributed by atoms with Gasteiger partial charge in [0.1, 0.15) is 11.9 Å². The first kappa shape index (κ1) is 16.6. The average molecular weight is 328 g/mol. The second kappa shape index (κ2) is 7.53. The van der Waals surface area contributed by atoms with Crippen molar-refractivity contribution in [2.75, 3.05) is 6.54 Å². The van der Waals surface area contributed by atoms with Crippen molar-refractivity contribution in [1.82, 2.24) is 21.7 Å². The van der Waals surface area contributed by atoms with E-state index in [-0.39, 0.29) is 23.7 Å². The molecule has 126 valence electrons. The zero-order valence-electron chi connectivity index (χ0n) is 13.4. The molecule has 24 heavy (non-hydrogen) atoms. The minimum atomic E-state index is -0.474. The van der Waals surface area contributed by atoms with Gasteiger partial charge in [-0.25, -0.2) is 15.2 Å². The SMILES string of the molecule is CC(CNC(=O)C1NNNC1c1ccc(F)cc1)c1ccccc1. The summed E-state index contributed by atoms with van der Waals surface area (Å²) in [5.74, 6) is -0.179. The van der Waals surface area contributed by atoms with E-state index in [9.17, 15) is 9.18 Å². The normalized spacial score (nSPS) is 21.4. The molecule has 0 bridgehead atoms. The first-order valence-corrected chi connectivity index (χ1v) is 7.99. The summed E-state index contributed by atoms with van der Waals surface area (Å²) in [7, 11) is 0. The van der Waals surface area contributed by atoms with E-state index in [0.717, 1.165) is 5.56 Å². The highest BCUT2D eigenvalue weighted by molar-refractivity contribution is 5.83. The summed E-state index contributed by atoms with van der Waals surface area (Å²) in [4.78, 5) is 12.5. The third kappa shape index (κ3) is 3.79. The van der Waals surface area contributed by atoms with Gasteiger partial charge in [0.2, 0.25) is 5.91 Å². The second-order valence-electron chi connectivity index (χ2n) is 5.98. The Kier molecular flexibility index (Phi) is 5.20. The molecule has 3 atom stereocenters. The van der Waals surface area contributed by atoms with E-state index < -0.39 is 6.04 Å². The minimum Gasteiger partial charge on any atom is -0.354 e. The van der Waals surface area contributed by atoms with Crippen molar-refractivity contribution < 1.29 is 9.18 Å². The molecule has 2 aromatic rings. The van der Waals surface area contributed by atoms with Crippen molar-refractivity contribution in [1.29, 1.82) is 0 Å². The third-order valence-corrected chi connectivity index (χ3v) is 4.25. The van der Waals surface area contributed by atoms with Gasteiger partial charge in [0.15, 0.2) is 0 Å². The first-order valence-electron chi connectivity index (χ1n) is 7.99. The van der Waals surface area contributed by atoms with Crippen LogP contribution in [0.15, 0.2) is 54.6 Å². The largest absolute Gasteiger partial charge is 0.354 e. The Balaban J connectivity index is 1.60. The zero-order chi connectivity index (χ0) is 16.9. The molecule has 4 N–H and O–H groups in total.